The number of likely N-dealkylation sites (tertiary alicyclic amines) is 1. The molecule has 0 radical (unpaired) electrons. The van der Waals surface area contributed by atoms with Gasteiger partial charge in [-0.1, -0.05) is 18.2 Å². The number of nitrogens with zero attached hydrogens (tertiary/aromatic N) is 7. The van der Waals surface area contributed by atoms with Crippen LogP contribution in [0.4, 0.5) is 17.3 Å². The van der Waals surface area contributed by atoms with Crippen molar-refractivity contribution >= 4 is 45.9 Å². The van der Waals surface area contributed by atoms with Gasteiger partial charge in [-0.3, -0.25) is 4.79 Å². The average molecular weight is 521 g/mol. The van der Waals surface area contributed by atoms with Gasteiger partial charge >= 0.3 is 0 Å². The van der Waals surface area contributed by atoms with Crippen molar-refractivity contribution in [2.24, 2.45) is 0 Å². The number of nitrogens with one attached hydrogen (secondary N) is 1. The minimum absolute atomic E-state index is 0.0536. The fourth-order valence-corrected chi connectivity index (χ4v) is 4.39. The Labute approximate surface area is 218 Å². The van der Waals surface area contributed by atoms with E-state index >= 15 is 0 Å². The van der Waals surface area contributed by atoms with E-state index in [1.165, 1.54) is 12.4 Å². The number of halogens is 1. The van der Waals surface area contributed by atoms with Gasteiger partial charge in [-0.15, -0.1) is 10.2 Å². The van der Waals surface area contributed by atoms with E-state index in [2.05, 4.69) is 37.0 Å². The monoisotopic (exact) mass is 520 g/mol. The summed E-state index contributed by atoms with van der Waals surface area (Å²) in [4.78, 5) is 29.5. The minimum Gasteiger partial charge on any atom is -0.482 e. The lowest BCUT2D eigenvalue weighted by Gasteiger charge is -2.26. The van der Waals surface area contributed by atoms with Crippen LogP contribution in [0.1, 0.15) is 18.2 Å². The molecule has 37 heavy (non-hydrogen) atoms. The maximum atomic E-state index is 12.0. The first-order valence-corrected chi connectivity index (χ1v) is 12.0. The number of hydrogen-bond donors (Lipinski definition) is 1. The first kappa shape index (κ1) is 24.4. The number of anilines is 3. The standard InChI is InChI=1S/C25H25ClN8O3/c1-4-23(35)34-10-9-17(12-34)33(3)21-8-6-19-24(30-21)25(28-14-27-19)29-16-5-7-20(18(26)11-16)36-13-22-32-31-15(2)37-22/h4-8,11,14,17H,1,9-10,12-13H2,2-3H3,(H,27,28,29). The van der Waals surface area contributed by atoms with E-state index in [0.29, 0.717) is 58.2 Å². The fourth-order valence-electron chi connectivity index (χ4n) is 4.16. The zero-order valence-corrected chi connectivity index (χ0v) is 21.1. The van der Waals surface area contributed by atoms with Crippen LogP contribution in [0.5, 0.6) is 5.75 Å². The number of aryl methyl sites for hydroxylation is 1. The van der Waals surface area contributed by atoms with E-state index in [1.54, 1.807) is 24.0 Å². The Morgan fingerprint density at radius 3 is 2.95 bits per heavy atom. The van der Waals surface area contributed by atoms with Gasteiger partial charge in [0.2, 0.25) is 11.8 Å². The molecular weight excluding hydrogens is 496 g/mol. The van der Waals surface area contributed by atoms with Crippen LogP contribution in [0.2, 0.25) is 5.02 Å². The van der Waals surface area contributed by atoms with Gasteiger partial charge in [0.1, 0.15) is 23.4 Å². The molecule has 4 aromatic rings. The number of aromatic nitrogens is 5. The second-order valence-electron chi connectivity index (χ2n) is 8.57. The number of carbonyl (C=O) groups is 1. The van der Waals surface area contributed by atoms with Gasteiger partial charge in [-0.05, 0) is 42.8 Å². The third kappa shape index (κ3) is 5.31. The Kier molecular flexibility index (Phi) is 6.87. The molecule has 0 saturated carbocycles. The first-order chi connectivity index (χ1) is 17.9. The van der Waals surface area contributed by atoms with E-state index in [1.807, 2.05) is 25.2 Å². The number of ether oxygens (including phenoxy) is 1. The number of carbonyl (C=O) groups excluding carboxylic acids is 1. The molecular formula is C25H25ClN8O3. The summed E-state index contributed by atoms with van der Waals surface area (Å²) in [5, 5.41) is 11.4. The molecule has 1 aliphatic heterocycles. The molecule has 1 fully saturated rings. The highest BCUT2D eigenvalue weighted by molar-refractivity contribution is 6.32. The second kappa shape index (κ2) is 10.4. The van der Waals surface area contributed by atoms with Crippen LogP contribution in [0.25, 0.3) is 11.0 Å². The number of fused-ring (bicyclic) bond motifs is 1. The highest BCUT2D eigenvalue weighted by Crippen LogP contribution is 2.31. The molecule has 1 amide bonds. The van der Waals surface area contributed by atoms with E-state index in [4.69, 9.17) is 25.7 Å². The fraction of sp³-hybridized carbons (Fsp3) is 0.280. The highest BCUT2D eigenvalue weighted by atomic mass is 35.5. The quantitative estimate of drug-likeness (QED) is 0.342. The van der Waals surface area contributed by atoms with Gasteiger partial charge in [-0.25, -0.2) is 15.0 Å². The normalized spacial score (nSPS) is 15.1. The van der Waals surface area contributed by atoms with Gasteiger partial charge in [0.25, 0.3) is 5.89 Å². The summed E-state index contributed by atoms with van der Waals surface area (Å²) in [5.41, 5.74) is 2.03. The van der Waals surface area contributed by atoms with Crippen molar-refractivity contribution in [1.29, 1.82) is 0 Å². The summed E-state index contributed by atoms with van der Waals surface area (Å²) < 4.78 is 11.0. The summed E-state index contributed by atoms with van der Waals surface area (Å²) in [6.07, 6.45) is 3.69. The maximum Gasteiger partial charge on any atom is 0.253 e. The van der Waals surface area contributed by atoms with E-state index in [9.17, 15) is 4.79 Å². The van der Waals surface area contributed by atoms with Gasteiger partial charge in [0, 0.05) is 38.8 Å². The lowest BCUT2D eigenvalue weighted by atomic mass is 10.2. The van der Waals surface area contributed by atoms with Crippen LogP contribution >= 0.6 is 11.6 Å². The average Bonchev–Trinajstić information content (AvgIpc) is 3.57. The van der Waals surface area contributed by atoms with Crippen molar-refractivity contribution in [3.05, 3.63) is 66.1 Å². The van der Waals surface area contributed by atoms with Crippen LogP contribution in [-0.2, 0) is 11.4 Å². The molecule has 11 nitrogen and oxygen atoms in total. The van der Waals surface area contributed by atoms with Crippen molar-refractivity contribution in [2.75, 3.05) is 30.4 Å². The maximum absolute atomic E-state index is 12.0. The van der Waals surface area contributed by atoms with E-state index in [0.717, 1.165) is 12.2 Å². The Hall–Kier alpha value is -4.25. The molecule has 1 aromatic carbocycles. The summed E-state index contributed by atoms with van der Waals surface area (Å²) in [5.74, 6) is 2.58. The van der Waals surface area contributed by atoms with Crippen molar-refractivity contribution in [3.63, 3.8) is 0 Å². The molecule has 0 spiro atoms. The number of benzene rings is 1. The molecule has 12 heteroatoms. The van der Waals surface area contributed by atoms with Crippen molar-refractivity contribution in [3.8, 4) is 5.75 Å². The zero-order chi connectivity index (χ0) is 25.9. The van der Waals surface area contributed by atoms with Crippen LogP contribution in [-0.4, -0.2) is 62.1 Å². The molecule has 0 bridgehead atoms. The highest BCUT2D eigenvalue weighted by Gasteiger charge is 2.28. The van der Waals surface area contributed by atoms with Crippen LogP contribution in [0.3, 0.4) is 0 Å². The number of pyridine rings is 1. The Morgan fingerprint density at radius 2 is 2.19 bits per heavy atom. The summed E-state index contributed by atoms with van der Waals surface area (Å²) >= 11 is 6.45. The molecule has 3 aromatic heterocycles. The Balaban J connectivity index is 1.33. The third-order valence-corrected chi connectivity index (χ3v) is 6.43. The largest absolute Gasteiger partial charge is 0.482 e. The predicted octanol–water partition coefficient (Wildman–Crippen LogP) is 3.92. The smallest absolute Gasteiger partial charge is 0.253 e. The van der Waals surface area contributed by atoms with Crippen molar-refractivity contribution in [1.82, 2.24) is 30.0 Å². The molecule has 1 aliphatic rings. The SMILES string of the molecule is C=CC(=O)N1CCC(N(C)c2ccc3ncnc(Nc4ccc(OCc5nnc(C)o5)c(Cl)c4)c3n2)C1. The lowest BCUT2D eigenvalue weighted by molar-refractivity contribution is -0.125. The lowest BCUT2D eigenvalue weighted by Crippen LogP contribution is -2.36. The Morgan fingerprint density at radius 1 is 1.32 bits per heavy atom. The van der Waals surface area contributed by atoms with E-state index < -0.39 is 0 Å². The predicted molar refractivity (Wildman–Crippen MR) is 139 cm³/mol. The third-order valence-electron chi connectivity index (χ3n) is 6.14. The number of hydrogen-bond acceptors (Lipinski definition) is 10. The molecule has 4 heterocycles. The van der Waals surface area contributed by atoms with Crippen LogP contribution < -0.4 is 15.0 Å². The summed E-state index contributed by atoms with van der Waals surface area (Å²) in [6.45, 7) is 6.73. The van der Waals surface area contributed by atoms with Crippen LogP contribution in [0, 0.1) is 6.92 Å². The number of rotatable bonds is 8. The minimum atomic E-state index is -0.0536. The number of amides is 1. The molecule has 1 N–H and O–H groups in total. The first-order valence-electron chi connectivity index (χ1n) is 11.7. The van der Waals surface area contributed by atoms with Gasteiger partial charge in [0.15, 0.2) is 12.4 Å². The molecule has 0 aliphatic carbocycles. The topological polar surface area (TPSA) is 122 Å². The zero-order valence-electron chi connectivity index (χ0n) is 20.4. The second-order valence-corrected chi connectivity index (χ2v) is 8.98. The number of likely N-dealkylation sites (N-methyl/N-ethyl adjacent to an activating group) is 1. The summed E-state index contributed by atoms with van der Waals surface area (Å²) in [7, 11) is 1.98. The summed E-state index contributed by atoms with van der Waals surface area (Å²) in [6, 6.07) is 9.30. The van der Waals surface area contributed by atoms with Crippen molar-refractivity contribution in [2.45, 2.75) is 26.0 Å². The van der Waals surface area contributed by atoms with Gasteiger partial charge in [0.05, 0.1) is 10.5 Å². The molecule has 1 unspecified atom stereocenters. The van der Waals surface area contributed by atoms with Gasteiger partial charge < -0.3 is 24.3 Å². The van der Waals surface area contributed by atoms with Crippen LogP contribution in [0.15, 0.2) is 53.7 Å². The Bertz CT molecular complexity index is 1460. The van der Waals surface area contributed by atoms with E-state index in [-0.39, 0.29) is 18.6 Å². The van der Waals surface area contributed by atoms with Crippen molar-refractivity contribution < 1.29 is 13.9 Å². The van der Waals surface area contributed by atoms with Gasteiger partial charge in [-0.2, -0.15) is 0 Å². The molecule has 190 valence electrons. The molecule has 1 saturated heterocycles. The molecule has 1 atom stereocenters. The molecule has 5 rings (SSSR count).